The molecule has 2 aromatic heterocycles. The second-order valence-electron chi connectivity index (χ2n) is 17.2. The van der Waals surface area contributed by atoms with Gasteiger partial charge in [0.25, 0.3) is 11.8 Å². The number of amides is 2. The predicted molar refractivity (Wildman–Crippen MR) is 220 cm³/mol. The Bertz CT molecular complexity index is 2310. The number of nitrogens with one attached hydrogen (secondary N) is 1. The highest BCUT2D eigenvalue weighted by atomic mass is 32.2. The molecule has 2 amide bonds. The fourth-order valence-corrected chi connectivity index (χ4v) is 11.0. The van der Waals surface area contributed by atoms with Gasteiger partial charge in [0.15, 0.2) is 0 Å². The molecule has 11 heteroatoms. The van der Waals surface area contributed by atoms with Crippen LogP contribution in [-0.2, 0) is 16.6 Å². The van der Waals surface area contributed by atoms with Crippen LogP contribution in [-0.4, -0.2) is 63.9 Å². The molecule has 0 spiro atoms. The summed E-state index contributed by atoms with van der Waals surface area (Å²) in [4.78, 5) is 30.9. The van der Waals surface area contributed by atoms with Crippen molar-refractivity contribution in [3.63, 3.8) is 0 Å². The molecule has 2 aliphatic carbocycles. The third kappa shape index (κ3) is 6.47. The van der Waals surface area contributed by atoms with Gasteiger partial charge in [-0.25, -0.2) is 13.1 Å². The number of nitrogens with zero attached hydrogens (tertiary/aromatic N) is 4. The van der Waals surface area contributed by atoms with Crippen LogP contribution in [0.4, 0.5) is 0 Å². The quantitative estimate of drug-likeness (QED) is 0.191. The van der Waals surface area contributed by atoms with Crippen molar-refractivity contribution in [1.29, 1.82) is 0 Å². The number of carbonyl (C=O) groups excluding carboxylic acids is 2. The number of hydrogen-bond acceptors (Lipinski definition) is 6. The molecular weight excluding hydrogens is 723 g/mol. The van der Waals surface area contributed by atoms with Crippen molar-refractivity contribution in [2.24, 2.45) is 0 Å². The normalized spacial score (nSPS) is 21.8. The summed E-state index contributed by atoms with van der Waals surface area (Å²) >= 11 is 0. The molecule has 9 rings (SSSR count). The minimum Gasteiger partial charge on any atom is -0.497 e. The molecule has 296 valence electrons. The van der Waals surface area contributed by atoms with Gasteiger partial charge in [-0.3, -0.25) is 14.3 Å². The lowest BCUT2D eigenvalue weighted by atomic mass is 9.81. The van der Waals surface area contributed by atoms with E-state index in [1.54, 1.807) is 27.0 Å². The average Bonchev–Trinajstić information content (AvgIpc) is 3.65. The fourth-order valence-electron chi connectivity index (χ4n) is 10.3. The highest BCUT2D eigenvalue weighted by molar-refractivity contribution is 7.90. The molecule has 5 heterocycles. The predicted octanol–water partition coefficient (Wildman–Crippen LogP) is 9.25. The van der Waals surface area contributed by atoms with E-state index < -0.39 is 21.2 Å². The summed E-state index contributed by atoms with van der Waals surface area (Å²) in [5.74, 6) is 0.558. The lowest BCUT2D eigenvalue weighted by Crippen LogP contribution is -2.49. The maximum absolute atomic E-state index is 15.1. The van der Waals surface area contributed by atoms with Gasteiger partial charge in [0.05, 0.1) is 48.1 Å². The molecular formula is C45H55N5O5S. The number of allylic oxidation sites excluding steroid dienone is 1. The molecule has 2 atom stereocenters. The summed E-state index contributed by atoms with van der Waals surface area (Å²) in [6.07, 6.45) is 20.7. The van der Waals surface area contributed by atoms with Crippen molar-refractivity contribution in [1.82, 2.24) is 24.0 Å². The first-order valence-electron chi connectivity index (χ1n) is 21.1. The van der Waals surface area contributed by atoms with Crippen LogP contribution in [0.5, 0.6) is 5.75 Å². The maximum Gasteiger partial charge on any atom is 0.264 e. The number of sulfonamides is 1. The summed E-state index contributed by atoms with van der Waals surface area (Å²) in [7, 11) is -2.14. The van der Waals surface area contributed by atoms with E-state index in [0.29, 0.717) is 23.6 Å². The lowest BCUT2D eigenvalue weighted by Gasteiger charge is -2.41. The van der Waals surface area contributed by atoms with Gasteiger partial charge in [-0.05, 0) is 137 Å². The van der Waals surface area contributed by atoms with E-state index in [0.717, 1.165) is 115 Å². The van der Waals surface area contributed by atoms with Crippen LogP contribution in [0.3, 0.4) is 0 Å². The Kier molecular flexibility index (Phi) is 9.87. The number of methoxy groups -OCH3 is 1. The summed E-state index contributed by atoms with van der Waals surface area (Å²) in [5, 5.41) is 5.37. The van der Waals surface area contributed by atoms with Crippen molar-refractivity contribution < 1.29 is 22.7 Å². The molecule has 2 saturated heterocycles. The number of fused-ring (bicyclic) bond motifs is 7. The largest absolute Gasteiger partial charge is 0.497 e. The van der Waals surface area contributed by atoms with E-state index >= 15 is 4.79 Å². The smallest absolute Gasteiger partial charge is 0.264 e. The highest BCUT2D eigenvalue weighted by Crippen LogP contribution is 2.49. The van der Waals surface area contributed by atoms with Crippen LogP contribution in [0.15, 0.2) is 42.6 Å². The molecule has 4 fully saturated rings. The van der Waals surface area contributed by atoms with E-state index in [1.807, 2.05) is 24.4 Å². The molecule has 2 saturated carbocycles. The lowest BCUT2D eigenvalue weighted by molar-refractivity contribution is 0.0459. The van der Waals surface area contributed by atoms with Crippen LogP contribution in [0.25, 0.3) is 33.8 Å². The molecule has 4 aromatic rings. The third-order valence-corrected chi connectivity index (χ3v) is 15.3. The van der Waals surface area contributed by atoms with Crippen LogP contribution < -0.4 is 9.46 Å². The van der Waals surface area contributed by atoms with Crippen molar-refractivity contribution in [2.45, 2.75) is 146 Å². The first-order chi connectivity index (χ1) is 27.1. The van der Waals surface area contributed by atoms with E-state index in [4.69, 9.17) is 9.84 Å². The molecule has 3 aliphatic heterocycles. The Balaban J connectivity index is 1.25. The van der Waals surface area contributed by atoms with Gasteiger partial charge in [0, 0.05) is 34.1 Å². The van der Waals surface area contributed by atoms with Crippen LogP contribution in [0, 0.1) is 0 Å². The zero-order valence-corrected chi connectivity index (χ0v) is 33.9. The Hall–Kier alpha value is -4.38. The molecule has 10 nitrogen and oxygen atoms in total. The topological polar surface area (TPSA) is 116 Å². The summed E-state index contributed by atoms with van der Waals surface area (Å²) in [5.41, 5.74) is 8.24. The Morgan fingerprint density at radius 2 is 1.50 bits per heavy atom. The van der Waals surface area contributed by atoms with Crippen LogP contribution in [0.1, 0.15) is 160 Å². The molecule has 2 bridgehead atoms. The van der Waals surface area contributed by atoms with E-state index in [-0.39, 0.29) is 24.0 Å². The number of carbonyl (C=O) groups is 2. The molecule has 2 unspecified atom stereocenters. The van der Waals surface area contributed by atoms with E-state index in [9.17, 15) is 13.2 Å². The Labute approximate surface area is 330 Å². The average molecular weight is 778 g/mol. The zero-order valence-electron chi connectivity index (χ0n) is 33.1. The van der Waals surface area contributed by atoms with Crippen molar-refractivity contribution in [2.75, 3.05) is 7.11 Å². The maximum atomic E-state index is 15.1. The number of piperidine rings is 1. The van der Waals surface area contributed by atoms with Gasteiger partial charge in [-0.15, -0.1) is 0 Å². The Morgan fingerprint density at radius 1 is 0.821 bits per heavy atom. The minimum atomic E-state index is -3.83. The van der Waals surface area contributed by atoms with Crippen LogP contribution in [0.2, 0.25) is 0 Å². The number of ether oxygens (including phenoxy) is 1. The van der Waals surface area contributed by atoms with Crippen molar-refractivity contribution in [3.05, 3.63) is 70.5 Å². The summed E-state index contributed by atoms with van der Waals surface area (Å²) in [6, 6.07) is 12.7. The monoisotopic (exact) mass is 777 g/mol. The van der Waals surface area contributed by atoms with E-state index in [1.165, 1.54) is 31.2 Å². The second kappa shape index (κ2) is 14.8. The van der Waals surface area contributed by atoms with Gasteiger partial charge in [0.1, 0.15) is 5.75 Å². The SMILES string of the molecule is COc1ccc2c(c1)C=C(c1c(C(=O)N3C4CCCCC3CCC4)cnn1C1CCC1)Cn1c-2c(C2CCCCC2)c2ccc(C(=O)NS(=O)(=O)C(C)C)cc21. The number of hydrogen-bond donors (Lipinski definition) is 1. The second-order valence-corrected chi connectivity index (χ2v) is 19.5. The minimum absolute atomic E-state index is 0.101. The van der Waals surface area contributed by atoms with Crippen LogP contribution >= 0.6 is 0 Å². The van der Waals surface area contributed by atoms with Gasteiger partial charge < -0.3 is 14.2 Å². The molecule has 1 N–H and O–H groups in total. The summed E-state index contributed by atoms with van der Waals surface area (Å²) in [6.45, 7) is 3.58. The van der Waals surface area contributed by atoms with Gasteiger partial charge in [0.2, 0.25) is 10.0 Å². The standard InChI is InChI=1S/C45H55N5O5S/c1-28(2)56(53,54)47-44(51)30-19-21-38-40(25-30)48-27-32(23-31-24-36(55-3)20-22-37(31)43(48)41(38)29-11-5-4-6-12-29)42-39(26-46-50(42)35-17-10-18-35)45(52)49-33-13-7-8-14-34(49)16-9-15-33/h19-26,28-29,33-35H,4-18,27H2,1-3H3,(H,47,51). The molecule has 2 aromatic carbocycles. The molecule has 5 aliphatic rings. The van der Waals surface area contributed by atoms with Gasteiger partial charge >= 0.3 is 0 Å². The first kappa shape index (κ1) is 37.2. The first-order valence-corrected chi connectivity index (χ1v) is 22.7. The summed E-state index contributed by atoms with van der Waals surface area (Å²) < 4.78 is 38.3. The zero-order chi connectivity index (χ0) is 38.7. The fraction of sp³-hybridized carbons (Fsp3) is 0.533. The van der Waals surface area contributed by atoms with Gasteiger partial charge in [-0.1, -0.05) is 38.2 Å². The Morgan fingerprint density at radius 3 is 2.18 bits per heavy atom. The highest BCUT2D eigenvalue weighted by Gasteiger charge is 2.40. The third-order valence-electron chi connectivity index (χ3n) is 13.6. The number of aromatic nitrogens is 3. The van der Waals surface area contributed by atoms with Gasteiger partial charge in [-0.2, -0.15) is 5.10 Å². The molecule has 0 radical (unpaired) electrons. The van der Waals surface area contributed by atoms with Crippen molar-refractivity contribution >= 4 is 44.4 Å². The molecule has 56 heavy (non-hydrogen) atoms. The number of rotatable bonds is 8. The van der Waals surface area contributed by atoms with E-state index in [2.05, 4.69) is 37.1 Å². The number of benzene rings is 2. The van der Waals surface area contributed by atoms with Crippen molar-refractivity contribution in [3.8, 4) is 17.0 Å².